The Hall–Kier alpha value is -4.33. The third-order valence-electron chi connectivity index (χ3n) is 6.55. The Kier molecular flexibility index (Phi) is 7.15. The van der Waals surface area contributed by atoms with Gasteiger partial charge in [0.25, 0.3) is 0 Å². The lowest BCUT2D eigenvalue weighted by atomic mass is 10.0. The maximum Gasteiger partial charge on any atom is 0.417 e. The molecule has 0 radical (unpaired) electrons. The maximum absolute atomic E-state index is 14.6. The van der Waals surface area contributed by atoms with E-state index in [1.54, 1.807) is 97.1 Å². The Morgan fingerprint density at radius 2 is 1.44 bits per heavy atom. The first kappa shape index (κ1) is 26.9. The topological polar surface area (TPSA) is 39.9 Å². The number of alkyl halides is 3. The summed E-state index contributed by atoms with van der Waals surface area (Å²) in [5.74, 6) is 0.526. The summed E-state index contributed by atoms with van der Waals surface area (Å²) in [5, 5.41) is 5.58. The van der Waals surface area contributed by atoms with Crippen LogP contribution in [0.1, 0.15) is 11.1 Å². The Morgan fingerprint density at radius 1 is 0.756 bits per heavy atom. The minimum absolute atomic E-state index is 0.0592. The van der Waals surface area contributed by atoms with Crippen molar-refractivity contribution in [1.29, 1.82) is 0 Å². The third kappa shape index (κ3) is 5.51. The molecule has 0 aliphatic carbocycles. The lowest BCUT2D eigenvalue weighted by Crippen LogP contribution is -2.08. The molecule has 41 heavy (non-hydrogen) atoms. The van der Waals surface area contributed by atoms with Crippen molar-refractivity contribution in [2.75, 3.05) is 0 Å². The fourth-order valence-corrected chi connectivity index (χ4v) is 5.02. The van der Waals surface area contributed by atoms with E-state index in [4.69, 9.17) is 32.9 Å². The number of pyridine rings is 1. The zero-order valence-electron chi connectivity index (χ0n) is 21.2. The van der Waals surface area contributed by atoms with E-state index in [9.17, 15) is 13.2 Å². The molecule has 0 bridgehead atoms. The average Bonchev–Trinajstić information content (AvgIpc) is 3.36. The van der Waals surface area contributed by atoms with Crippen molar-refractivity contribution in [3.63, 3.8) is 0 Å². The van der Waals surface area contributed by atoms with Gasteiger partial charge in [-0.3, -0.25) is 0 Å². The molecule has 6 aromatic rings. The average molecular weight is 590 g/mol. The quantitative estimate of drug-likeness (QED) is 0.194. The van der Waals surface area contributed by atoms with Crippen molar-refractivity contribution in [3.05, 3.63) is 130 Å². The minimum Gasteiger partial charge on any atom is -0.489 e. The lowest BCUT2D eigenvalue weighted by Gasteiger charge is -2.13. The zero-order valence-corrected chi connectivity index (χ0v) is 22.8. The van der Waals surface area contributed by atoms with Crippen LogP contribution in [0.3, 0.4) is 0 Å². The number of halogens is 5. The van der Waals surface area contributed by atoms with Gasteiger partial charge in [-0.05, 0) is 54.6 Å². The van der Waals surface area contributed by atoms with Crippen LogP contribution in [0.5, 0.6) is 5.75 Å². The van der Waals surface area contributed by atoms with Crippen molar-refractivity contribution in [2.45, 2.75) is 12.8 Å². The molecular formula is C32H20Cl2F3N3O. The highest BCUT2D eigenvalue weighted by Gasteiger charge is 2.36. The molecule has 0 amide bonds. The summed E-state index contributed by atoms with van der Waals surface area (Å²) in [6, 6.07) is 30.7. The van der Waals surface area contributed by atoms with Gasteiger partial charge in [-0.25, -0.2) is 9.67 Å². The van der Waals surface area contributed by atoms with Gasteiger partial charge in [-0.1, -0.05) is 77.8 Å². The summed E-state index contributed by atoms with van der Waals surface area (Å²) in [5.41, 5.74) is 2.08. The lowest BCUT2D eigenvalue weighted by molar-refractivity contribution is -0.136. The van der Waals surface area contributed by atoms with Crippen LogP contribution in [0.15, 0.2) is 109 Å². The number of benzene rings is 4. The number of aromatic nitrogens is 3. The molecule has 2 heterocycles. The molecule has 9 heteroatoms. The molecule has 0 aliphatic heterocycles. The van der Waals surface area contributed by atoms with Gasteiger partial charge < -0.3 is 4.74 Å². The van der Waals surface area contributed by atoms with Gasteiger partial charge in [0.05, 0.1) is 22.3 Å². The summed E-state index contributed by atoms with van der Waals surface area (Å²) in [6.45, 7) is 0.205. The van der Waals surface area contributed by atoms with Gasteiger partial charge in [0, 0.05) is 26.7 Å². The maximum atomic E-state index is 14.6. The van der Waals surface area contributed by atoms with E-state index in [1.807, 2.05) is 6.07 Å². The van der Waals surface area contributed by atoms with Crippen LogP contribution >= 0.6 is 23.2 Å². The molecule has 0 saturated carbocycles. The number of fused-ring (bicyclic) bond motifs is 1. The van der Waals surface area contributed by atoms with Crippen LogP contribution in [-0.2, 0) is 12.8 Å². The van der Waals surface area contributed by atoms with Crippen molar-refractivity contribution in [1.82, 2.24) is 14.8 Å². The smallest absolute Gasteiger partial charge is 0.417 e. The number of ether oxygens (including phenoxy) is 1. The molecule has 0 fully saturated rings. The minimum atomic E-state index is -4.65. The van der Waals surface area contributed by atoms with Crippen molar-refractivity contribution in [3.8, 4) is 34.0 Å². The predicted octanol–water partition coefficient (Wildman–Crippen LogP) is 9.66. The summed E-state index contributed by atoms with van der Waals surface area (Å²) in [7, 11) is 0. The van der Waals surface area contributed by atoms with Crippen LogP contribution in [0.2, 0.25) is 10.0 Å². The standard InChI is InChI=1S/C32H20Cl2F3N3O/c33-23-14-11-22(27(34)17-23)19-41-25-15-12-20(13-16-25)28-18-26(32(35,36)37)29-30(21-7-3-1-4-8-21)39-40(31(29)38-28)24-9-5-2-6-10-24/h1-18H,19H2. The molecule has 6 rings (SSSR count). The molecule has 0 atom stereocenters. The van der Waals surface area contributed by atoms with E-state index in [0.29, 0.717) is 32.6 Å². The fourth-order valence-electron chi connectivity index (χ4n) is 4.56. The molecule has 4 nitrogen and oxygen atoms in total. The van der Waals surface area contributed by atoms with Crippen LogP contribution < -0.4 is 4.74 Å². The van der Waals surface area contributed by atoms with E-state index in [1.165, 1.54) is 4.68 Å². The Morgan fingerprint density at radius 3 is 2.10 bits per heavy atom. The van der Waals surface area contributed by atoms with Crippen LogP contribution in [0.4, 0.5) is 13.2 Å². The third-order valence-corrected chi connectivity index (χ3v) is 7.14. The molecule has 0 saturated heterocycles. The number of nitrogens with zero attached hydrogens (tertiary/aromatic N) is 3. The van der Waals surface area contributed by atoms with Gasteiger partial charge in [-0.2, -0.15) is 18.3 Å². The second kappa shape index (κ2) is 10.9. The number of hydrogen-bond donors (Lipinski definition) is 0. The predicted molar refractivity (Wildman–Crippen MR) is 156 cm³/mol. The van der Waals surface area contributed by atoms with E-state index >= 15 is 0 Å². The van der Waals surface area contributed by atoms with Gasteiger partial charge >= 0.3 is 6.18 Å². The second-order valence-corrected chi connectivity index (χ2v) is 10.1. The highest BCUT2D eigenvalue weighted by Crippen LogP contribution is 2.41. The first-order valence-corrected chi connectivity index (χ1v) is 13.3. The van der Waals surface area contributed by atoms with Crippen molar-refractivity contribution in [2.24, 2.45) is 0 Å². The Bertz CT molecular complexity index is 1840. The van der Waals surface area contributed by atoms with Crippen LogP contribution in [0, 0.1) is 0 Å². The largest absolute Gasteiger partial charge is 0.489 e. The monoisotopic (exact) mass is 589 g/mol. The Balaban J connectivity index is 1.44. The van der Waals surface area contributed by atoms with Crippen LogP contribution in [-0.4, -0.2) is 14.8 Å². The first-order valence-electron chi connectivity index (χ1n) is 12.6. The summed E-state index contributed by atoms with van der Waals surface area (Å²) in [6.07, 6.45) is -4.65. The second-order valence-electron chi connectivity index (χ2n) is 9.26. The Labute approximate surface area is 243 Å². The molecule has 0 N–H and O–H groups in total. The zero-order chi connectivity index (χ0) is 28.6. The van der Waals surface area contributed by atoms with Gasteiger partial charge in [-0.15, -0.1) is 0 Å². The van der Waals surface area contributed by atoms with Crippen molar-refractivity contribution >= 4 is 34.2 Å². The van der Waals surface area contributed by atoms with Crippen molar-refractivity contribution < 1.29 is 17.9 Å². The van der Waals surface area contributed by atoms with E-state index < -0.39 is 11.7 Å². The number of rotatable bonds is 6. The van der Waals surface area contributed by atoms with E-state index in [2.05, 4.69) is 5.10 Å². The van der Waals surface area contributed by atoms with E-state index in [0.717, 1.165) is 11.6 Å². The first-order chi connectivity index (χ1) is 19.8. The van der Waals surface area contributed by atoms with Gasteiger partial charge in [0.1, 0.15) is 18.1 Å². The number of hydrogen-bond acceptors (Lipinski definition) is 3. The summed E-state index contributed by atoms with van der Waals surface area (Å²) < 4.78 is 51.1. The van der Waals surface area contributed by atoms with Gasteiger partial charge in [0.15, 0.2) is 5.65 Å². The molecule has 2 aromatic heterocycles. The summed E-state index contributed by atoms with van der Waals surface area (Å²) in [4.78, 5) is 4.71. The normalized spacial score (nSPS) is 11.6. The number of para-hydroxylation sites is 1. The van der Waals surface area contributed by atoms with Gasteiger partial charge in [0.2, 0.25) is 0 Å². The molecule has 0 spiro atoms. The fraction of sp³-hybridized carbons (Fsp3) is 0.0625. The highest BCUT2D eigenvalue weighted by molar-refractivity contribution is 6.35. The van der Waals surface area contributed by atoms with E-state index in [-0.39, 0.29) is 29.0 Å². The SMILES string of the molecule is FC(F)(F)c1cc(-c2ccc(OCc3ccc(Cl)cc3Cl)cc2)nc2c1c(-c1ccccc1)nn2-c1ccccc1. The molecule has 0 unspecified atom stereocenters. The molecular weight excluding hydrogens is 570 g/mol. The summed E-state index contributed by atoms with van der Waals surface area (Å²) >= 11 is 12.2. The van der Waals surface area contributed by atoms with Crippen LogP contribution in [0.25, 0.3) is 39.2 Å². The highest BCUT2D eigenvalue weighted by atomic mass is 35.5. The molecule has 204 valence electrons. The molecule has 4 aromatic carbocycles. The molecule has 0 aliphatic rings.